The van der Waals surface area contributed by atoms with Crippen molar-refractivity contribution >= 4 is 11.7 Å². The number of carbonyl (C=O) groups excluding carboxylic acids is 1. The van der Waals surface area contributed by atoms with E-state index in [1.54, 1.807) is 20.1 Å². The van der Waals surface area contributed by atoms with Crippen molar-refractivity contribution in [3.8, 4) is 5.75 Å². The van der Waals surface area contributed by atoms with E-state index in [0.29, 0.717) is 17.7 Å². The highest BCUT2D eigenvalue weighted by atomic mass is 16.5. The molecule has 0 bridgehead atoms. The van der Waals surface area contributed by atoms with Crippen molar-refractivity contribution in [3.63, 3.8) is 0 Å². The Morgan fingerprint density at radius 2 is 2.05 bits per heavy atom. The summed E-state index contributed by atoms with van der Waals surface area (Å²) in [4.78, 5) is 23.4. The van der Waals surface area contributed by atoms with E-state index in [2.05, 4.69) is 12.1 Å². The smallest absolute Gasteiger partial charge is 0.340 e. The molecule has 1 aromatic rings. The Bertz CT molecular complexity index is 591. The van der Waals surface area contributed by atoms with Crippen LogP contribution in [0.25, 0.3) is 0 Å². The third-order valence-corrected chi connectivity index (χ3v) is 3.54. The number of nitrogens with zero attached hydrogens (tertiary/aromatic N) is 1. The Balaban J connectivity index is 3.48. The molecule has 0 aliphatic rings. The van der Waals surface area contributed by atoms with Gasteiger partial charge >= 0.3 is 5.97 Å². The van der Waals surface area contributed by atoms with Crippen molar-refractivity contribution in [2.45, 2.75) is 40.5 Å². The zero-order valence-corrected chi connectivity index (χ0v) is 13.9. The van der Waals surface area contributed by atoms with E-state index in [-0.39, 0.29) is 17.9 Å². The van der Waals surface area contributed by atoms with Gasteiger partial charge in [-0.05, 0) is 50.4 Å². The SMILES string of the molecule is CCOC(=O)c1cc(C)c(OC)c(C/C=C(\C)CC)c1N=O. The van der Waals surface area contributed by atoms with Crippen molar-refractivity contribution in [2.24, 2.45) is 5.18 Å². The van der Waals surface area contributed by atoms with Gasteiger partial charge < -0.3 is 9.47 Å². The summed E-state index contributed by atoms with van der Waals surface area (Å²) in [5.74, 6) is 0.0445. The van der Waals surface area contributed by atoms with Crippen molar-refractivity contribution < 1.29 is 14.3 Å². The maximum Gasteiger partial charge on any atom is 0.340 e. The molecule has 0 spiro atoms. The summed E-state index contributed by atoms with van der Waals surface area (Å²) in [5.41, 5.74) is 2.87. The molecule has 0 unspecified atom stereocenters. The van der Waals surface area contributed by atoms with Crippen molar-refractivity contribution in [3.05, 3.63) is 39.3 Å². The first kappa shape index (κ1) is 17.9. The normalized spacial score (nSPS) is 11.2. The van der Waals surface area contributed by atoms with Gasteiger partial charge in [-0.15, -0.1) is 4.91 Å². The maximum atomic E-state index is 12.0. The van der Waals surface area contributed by atoms with Crippen LogP contribution in [0.5, 0.6) is 5.75 Å². The quantitative estimate of drug-likeness (QED) is 0.423. The zero-order valence-electron chi connectivity index (χ0n) is 13.9. The minimum Gasteiger partial charge on any atom is -0.496 e. The summed E-state index contributed by atoms with van der Waals surface area (Å²) in [5, 5.41) is 3.07. The third-order valence-electron chi connectivity index (χ3n) is 3.54. The number of esters is 1. The molecule has 0 fully saturated rings. The Kier molecular flexibility index (Phi) is 6.76. The Morgan fingerprint density at radius 3 is 2.55 bits per heavy atom. The standard InChI is InChI=1S/C17H23NO4/c1-6-11(3)8-9-13-15(18-20)14(17(19)22-7-2)10-12(4)16(13)21-5/h8,10H,6-7,9H2,1-5H3/b11-8+. The number of benzene rings is 1. The highest BCUT2D eigenvalue weighted by Gasteiger charge is 2.22. The van der Waals surface area contributed by atoms with Gasteiger partial charge in [0, 0.05) is 5.56 Å². The largest absolute Gasteiger partial charge is 0.496 e. The van der Waals surface area contributed by atoms with Gasteiger partial charge in [0.25, 0.3) is 0 Å². The Hall–Kier alpha value is -2.17. The monoisotopic (exact) mass is 305 g/mol. The third kappa shape index (κ3) is 3.93. The first-order chi connectivity index (χ1) is 10.5. The predicted molar refractivity (Wildman–Crippen MR) is 86.9 cm³/mol. The molecule has 1 aromatic carbocycles. The summed E-state index contributed by atoms with van der Waals surface area (Å²) >= 11 is 0. The molecule has 120 valence electrons. The van der Waals surface area contributed by atoms with Crippen LogP contribution in [0.3, 0.4) is 0 Å². The molecule has 0 aliphatic carbocycles. The number of aryl methyl sites for hydroxylation is 1. The number of rotatable bonds is 7. The van der Waals surface area contributed by atoms with Crippen LogP contribution in [0.15, 0.2) is 22.9 Å². The van der Waals surface area contributed by atoms with E-state index in [0.717, 1.165) is 12.0 Å². The number of nitroso groups, excluding NO2 is 1. The molecule has 0 amide bonds. The van der Waals surface area contributed by atoms with Crippen LogP contribution in [-0.4, -0.2) is 19.7 Å². The average Bonchev–Trinajstić information content (AvgIpc) is 2.51. The summed E-state index contributed by atoms with van der Waals surface area (Å²) < 4.78 is 10.4. The van der Waals surface area contributed by atoms with Gasteiger partial charge in [0.2, 0.25) is 0 Å². The molecule has 5 heteroatoms. The summed E-state index contributed by atoms with van der Waals surface area (Å²) in [6.07, 6.45) is 3.42. The topological polar surface area (TPSA) is 65.0 Å². The number of ether oxygens (including phenoxy) is 2. The molecule has 5 nitrogen and oxygen atoms in total. The fraction of sp³-hybridized carbons (Fsp3) is 0.471. The lowest BCUT2D eigenvalue weighted by Gasteiger charge is -2.15. The Morgan fingerprint density at radius 1 is 1.36 bits per heavy atom. The van der Waals surface area contributed by atoms with Crippen LogP contribution < -0.4 is 4.74 Å². The van der Waals surface area contributed by atoms with E-state index in [1.165, 1.54) is 5.57 Å². The van der Waals surface area contributed by atoms with Gasteiger partial charge in [-0.1, -0.05) is 18.6 Å². The van der Waals surface area contributed by atoms with Gasteiger partial charge in [0.15, 0.2) is 0 Å². The van der Waals surface area contributed by atoms with Crippen molar-refractivity contribution in [2.75, 3.05) is 13.7 Å². The minimum absolute atomic E-state index is 0.0982. The molecule has 0 saturated heterocycles. The minimum atomic E-state index is -0.541. The second-order valence-corrected chi connectivity index (χ2v) is 5.02. The number of hydrogen-bond donors (Lipinski definition) is 0. The van der Waals surface area contributed by atoms with E-state index < -0.39 is 5.97 Å². The zero-order chi connectivity index (χ0) is 16.7. The fourth-order valence-corrected chi connectivity index (χ4v) is 2.22. The van der Waals surface area contributed by atoms with Gasteiger partial charge in [0.1, 0.15) is 11.4 Å². The summed E-state index contributed by atoms with van der Waals surface area (Å²) in [7, 11) is 1.54. The van der Waals surface area contributed by atoms with E-state index >= 15 is 0 Å². The number of allylic oxidation sites excluding steroid dienone is 2. The molecular formula is C17H23NO4. The second-order valence-electron chi connectivity index (χ2n) is 5.02. The lowest BCUT2D eigenvalue weighted by molar-refractivity contribution is 0.0527. The number of hydrogen-bond acceptors (Lipinski definition) is 5. The molecule has 0 heterocycles. The molecule has 22 heavy (non-hydrogen) atoms. The van der Waals surface area contributed by atoms with Gasteiger partial charge in [-0.25, -0.2) is 4.79 Å². The van der Waals surface area contributed by atoms with Gasteiger partial charge in [0.05, 0.1) is 19.3 Å². The highest BCUT2D eigenvalue weighted by Crippen LogP contribution is 2.37. The second kappa shape index (κ2) is 8.32. The van der Waals surface area contributed by atoms with Crippen LogP contribution in [0.1, 0.15) is 48.7 Å². The molecule has 0 aliphatic heterocycles. The molecule has 0 atom stereocenters. The van der Waals surface area contributed by atoms with Crippen molar-refractivity contribution in [1.82, 2.24) is 0 Å². The van der Waals surface area contributed by atoms with Crippen molar-refractivity contribution in [1.29, 1.82) is 0 Å². The molecule has 0 aromatic heterocycles. The first-order valence-corrected chi connectivity index (χ1v) is 7.36. The van der Waals surface area contributed by atoms with Gasteiger partial charge in [-0.3, -0.25) is 0 Å². The van der Waals surface area contributed by atoms with E-state index in [1.807, 2.05) is 19.9 Å². The van der Waals surface area contributed by atoms with Crippen LogP contribution in [-0.2, 0) is 11.2 Å². The van der Waals surface area contributed by atoms with Gasteiger partial charge in [-0.2, -0.15) is 0 Å². The molecule has 0 radical (unpaired) electrons. The lowest BCUT2D eigenvalue weighted by atomic mass is 9.98. The maximum absolute atomic E-state index is 12.0. The predicted octanol–water partition coefficient (Wildman–Crippen LogP) is 4.48. The molecule has 1 rings (SSSR count). The number of methoxy groups -OCH3 is 1. The average molecular weight is 305 g/mol. The highest BCUT2D eigenvalue weighted by molar-refractivity contribution is 5.96. The molecule has 0 N–H and O–H groups in total. The summed E-state index contributed by atoms with van der Waals surface area (Å²) in [6.45, 7) is 7.86. The van der Waals surface area contributed by atoms with E-state index in [9.17, 15) is 9.70 Å². The summed E-state index contributed by atoms with van der Waals surface area (Å²) in [6, 6.07) is 1.59. The van der Waals surface area contributed by atoms with Crippen LogP contribution in [0.4, 0.5) is 5.69 Å². The lowest BCUT2D eigenvalue weighted by Crippen LogP contribution is -2.08. The molecule has 0 saturated carbocycles. The molecular weight excluding hydrogens is 282 g/mol. The fourth-order valence-electron chi connectivity index (χ4n) is 2.22. The Labute approximate surface area is 131 Å². The number of carbonyl (C=O) groups is 1. The van der Waals surface area contributed by atoms with Crippen LogP contribution in [0.2, 0.25) is 0 Å². The van der Waals surface area contributed by atoms with E-state index in [4.69, 9.17) is 9.47 Å². The van der Waals surface area contributed by atoms with Crippen LogP contribution in [0, 0.1) is 11.8 Å². The van der Waals surface area contributed by atoms with Crippen LogP contribution >= 0.6 is 0 Å². The first-order valence-electron chi connectivity index (χ1n) is 7.36.